The molecule has 0 unspecified atom stereocenters. The van der Waals surface area contributed by atoms with Crippen LogP contribution >= 0.6 is 0 Å². The second-order valence-corrected chi connectivity index (χ2v) is 7.74. The summed E-state index contributed by atoms with van der Waals surface area (Å²) in [6, 6.07) is 6.93. The number of benzene rings is 1. The van der Waals surface area contributed by atoms with E-state index in [0.717, 1.165) is 12.0 Å². The molecule has 150 valence electrons. The van der Waals surface area contributed by atoms with Crippen molar-refractivity contribution in [2.45, 2.75) is 66.2 Å². The molecule has 0 bridgehead atoms. The first-order valence-corrected chi connectivity index (χ1v) is 10.5. The second-order valence-electron chi connectivity index (χ2n) is 7.74. The molecule has 2 rings (SSSR count). The van der Waals surface area contributed by atoms with Gasteiger partial charge in [0.25, 0.3) is 0 Å². The summed E-state index contributed by atoms with van der Waals surface area (Å²) in [5.74, 6) is -0.893. The summed E-state index contributed by atoms with van der Waals surface area (Å²) >= 11 is 0. The summed E-state index contributed by atoms with van der Waals surface area (Å²) in [6.07, 6.45) is 18.2. The van der Waals surface area contributed by atoms with Crippen molar-refractivity contribution in [3.63, 3.8) is 0 Å². The maximum Gasteiger partial charge on any atom is 0.335 e. The molecule has 0 atom stereocenters. The first-order chi connectivity index (χ1) is 13.5. The molecule has 0 heterocycles. The summed E-state index contributed by atoms with van der Waals surface area (Å²) in [6.45, 7) is 9.07. The van der Waals surface area contributed by atoms with Gasteiger partial charge in [0.15, 0.2) is 0 Å². The van der Waals surface area contributed by atoms with Gasteiger partial charge in [-0.25, -0.2) is 4.79 Å². The van der Waals surface area contributed by atoms with Crippen molar-refractivity contribution in [3.8, 4) is 0 Å². The summed E-state index contributed by atoms with van der Waals surface area (Å²) in [7, 11) is 0. The predicted octanol–water partition coefficient (Wildman–Crippen LogP) is 7.60. The van der Waals surface area contributed by atoms with Crippen molar-refractivity contribution in [3.05, 3.63) is 76.4 Å². The fourth-order valence-corrected chi connectivity index (χ4v) is 4.25. The lowest BCUT2D eigenvalue weighted by molar-refractivity contribution is 0.0697. The number of carboxylic acids is 1. The van der Waals surface area contributed by atoms with Crippen molar-refractivity contribution in [1.82, 2.24) is 0 Å². The number of carbonyl (C=O) groups is 1. The SMILES string of the molecule is CCC1=C(/C=C/C(C)=C/C=C/c2ccc(C(=O)O)cc2)C(CC)(CC)CCC1. The van der Waals surface area contributed by atoms with Gasteiger partial charge in [0.05, 0.1) is 5.56 Å². The van der Waals surface area contributed by atoms with Crippen LogP contribution in [0.15, 0.2) is 65.3 Å². The molecular weight excluding hydrogens is 344 g/mol. The number of allylic oxidation sites excluding steroid dienone is 7. The zero-order valence-electron chi connectivity index (χ0n) is 17.8. The molecule has 2 heteroatoms. The Morgan fingerprint density at radius 1 is 1.11 bits per heavy atom. The third-order valence-corrected chi connectivity index (χ3v) is 6.18. The summed E-state index contributed by atoms with van der Waals surface area (Å²) in [5, 5.41) is 8.96. The van der Waals surface area contributed by atoms with Crippen LogP contribution in [0.4, 0.5) is 0 Å². The molecule has 0 aromatic heterocycles. The number of rotatable bonds is 8. The van der Waals surface area contributed by atoms with Gasteiger partial charge in [-0.2, -0.15) is 0 Å². The minimum atomic E-state index is -0.893. The van der Waals surface area contributed by atoms with Gasteiger partial charge >= 0.3 is 5.97 Å². The molecule has 0 aliphatic heterocycles. The van der Waals surface area contributed by atoms with Crippen molar-refractivity contribution in [2.75, 3.05) is 0 Å². The first-order valence-electron chi connectivity index (χ1n) is 10.5. The zero-order chi connectivity index (χ0) is 20.6. The highest BCUT2D eigenvalue weighted by atomic mass is 16.4. The van der Waals surface area contributed by atoms with Gasteiger partial charge in [-0.1, -0.05) is 74.4 Å². The normalized spacial score (nSPS) is 17.6. The van der Waals surface area contributed by atoms with Crippen LogP contribution in [0.1, 0.15) is 82.1 Å². The van der Waals surface area contributed by atoms with E-state index in [-0.39, 0.29) is 0 Å². The largest absolute Gasteiger partial charge is 0.478 e. The molecule has 2 nitrogen and oxygen atoms in total. The van der Waals surface area contributed by atoms with E-state index in [9.17, 15) is 4.79 Å². The highest BCUT2D eigenvalue weighted by molar-refractivity contribution is 5.87. The van der Waals surface area contributed by atoms with Crippen molar-refractivity contribution < 1.29 is 9.90 Å². The fraction of sp³-hybridized carbons (Fsp3) is 0.423. The molecule has 0 saturated heterocycles. The van der Waals surface area contributed by atoms with Crippen LogP contribution in [0.5, 0.6) is 0 Å². The molecule has 1 aromatic rings. The highest BCUT2D eigenvalue weighted by Gasteiger charge is 2.33. The van der Waals surface area contributed by atoms with E-state index in [0.29, 0.717) is 11.0 Å². The lowest BCUT2D eigenvalue weighted by Crippen LogP contribution is -2.25. The first kappa shape index (κ1) is 21.9. The predicted molar refractivity (Wildman–Crippen MR) is 120 cm³/mol. The molecule has 1 aliphatic rings. The van der Waals surface area contributed by atoms with Gasteiger partial charge < -0.3 is 5.11 Å². The third kappa shape index (κ3) is 5.34. The summed E-state index contributed by atoms with van der Waals surface area (Å²) in [4.78, 5) is 10.9. The Balaban J connectivity index is 2.15. The van der Waals surface area contributed by atoms with Crippen LogP contribution in [0.3, 0.4) is 0 Å². The second kappa shape index (κ2) is 10.3. The van der Waals surface area contributed by atoms with Crippen molar-refractivity contribution >= 4 is 12.0 Å². The summed E-state index contributed by atoms with van der Waals surface area (Å²) in [5.41, 5.74) is 6.09. The third-order valence-electron chi connectivity index (χ3n) is 6.18. The van der Waals surface area contributed by atoms with E-state index >= 15 is 0 Å². The average molecular weight is 379 g/mol. The van der Waals surface area contributed by atoms with Crippen LogP contribution in [-0.4, -0.2) is 11.1 Å². The molecule has 1 aromatic carbocycles. The zero-order valence-corrected chi connectivity index (χ0v) is 17.8. The Bertz CT molecular complexity index is 784. The van der Waals surface area contributed by atoms with Gasteiger partial charge in [-0.15, -0.1) is 0 Å². The Kier molecular flexibility index (Phi) is 8.04. The lowest BCUT2D eigenvalue weighted by atomic mass is 9.66. The minimum Gasteiger partial charge on any atom is -0.478 e. The van der Waals surface area contributed by atoms with Crippen LogP contribution in [0.2, 0.25) is 0 Å². The van der Waals surface area contributed by atoms with Gasteiger partial charge in [0.2, 0.25) is 0 Å². The number of aromatic carboxylic acids is 1. The Morgan fingerprint density at radius 2 is 1.79 bits per heavy atom. The molecule has 0 fully saturated rings. The number of carboxylic acid groups (broad SMARTS) is 1. The van der Waals surface area contributed by atoms with E-state index in [1.165, 1.54) is 37.7 Å². The molecule has 0 saturated carbocycles. The van der Waals surface area contributed by atoms with E-state index in [2.05, 4.69) is 45.9 Å². The Hall–Kier alpha value is -2.35. The standard InChI is InChI=1S/C26H34O2/c1-5-22-12-9-19-26(6-2,7-3)24(22)18-13-20(4)10-8-11-21-14-16-23(17-15-21)25(27)28/h8,10-11,13-18H,5-7,9,12,19H2,1-4H3,(H,27,28)/b11-8+,18-13+,20-10+. The molecule has 28 heavy (non-hydrogen) atoms. The van der Waals surface area contributed by atoms with Crippen molar-refractivity contribution in [2.24, 2.45) is 5.41 Å². The van der Waals surface area contributed by atoms with Gasteiger partial charge in [0, 0.05) is 0 Å². The van der Waals surface area contributed by atoms with Gasteiger partial charge in [-0.3, -0.25) is 0 Å². The van der Waals surface area contributed by atoms with Crippen LogP contribution in [-0.2, 0) is 0 Å². The molecule has 1 aliphatic carbocycles. The highest BCUT2D eigenvalue weighted by Crippen LogP contribution is 2.47. The molecule has 0 amide bonds. The minimum absolute atomic E-state index is 0.314. The molecule has 0 spiro atoms. The average Bonchev–Trinajstić information content (AvgIpc) is 2.72. The van der Waals surface area contributed by atoms with Gasteiger partial charge in [-0.05, 0) is 74.1 Å². The Morgan fingerprint density at radius 3 is 2.36 bits per heavy atom. The Labute approximate surface area is 170 Å². The fourth-order valence-electron chi connectivity index (χ4n) is 4.25. The van der Waals surface area contributed by atoms with Gasteiger partial charge in [0.1, 0.15) is 0 Å². The lowest BCUT2D eigenvalue weighted by Gasteiger charge is -2.39. The van der Waals surface area contributed by atoms with Crippen molar-refractivity contribution in [1.29, 1.82) is 0 Å². The molecule has 1 N–H and O–H groups in total. The number of hydrogen-bond donors (Lipinski definition) is 1. The van der Waals surface area contributed by atoms with E-state index in [1.807, 2.05) is 24.3 Å². The van der Waals surface area contributed by atoms with E-state index < -0.39 is 5.97 Å². The quantitative estimate of drug-likeness (QED) is 0.473. The summed E-state index contributed by atoms with van der Waals surface area (Å²) < 4.78 is 0. The monoisotopic (exact) mass is 378 g/mol. The maximum atomic E-state index is 10.9. The maximum absolute atomic E-state index is 10.9. The molecular formula is C26H34O2. The van der Waals surface area contributed by atoms with Crippen LogP contribution < -0.4 is 0 Å². The topological polar surface area (TPSA) is 37.3 Å². The van der Waals surface area contributed by atoms with E-state index in [4.69, 9.17) is 5.11 Å². The molecule has 0 radical (unpaired) electrons. The van der Waals surface area contributed by atoms with Crippen LogP contribution in [0, 0.1) is 5.41 Å². The van der Waals surface area contributed by atoms with Crippen LogP contribution in [0.25, 0.3) is 6.08 Å². The smallest absolute Gasteiger partial charge is 0.335 e. The number of hydrogen-bond acceptors (Lipinski definition) is 1. The van der Waals surface area contributed by atoms with E-state index in [1.54, 1.807) is 23.3 Å².